The lowest BCUT2D eigenvalue weighted by Gasteiger charge is -2.14. The zero-order valence-corrected chi connectivity index (χ0v) is 12.4. The quantitative estimate of drug-likeness (QED) is 0.903. The summed E-state index contributed by atoms with van der Waals surface area (Å²) in [7, 11) is 1.45. The Labute approximate surface area is 124 Å². The van der Waals surface area contributed by atoms with Crippen LogP contribution in [0.4, 0.5) is 5.69 Å². The summed E-state index contributed by atoms with van der Waals surface area (Å²) >= 11 is 0. The number of hydrogen-bond donors (Lipinski definition) is 2. The predicted octanol–water partition coefficient (Wildman–Crippen LogP) is 3.52. The molecule has 4 heteroatoms. The van der Waals surface area contributed by atoms with Gasteiger partial charge in [-0.05, 0) is 36.6 Å². The van der Waals surface area contributed by atoms with Gasteiger partial charge in [0.05, 0.1) is 12.7 Å². The van der Waals surface area contributed by atoms with E-state index in [1.807, 2.05) is 32.0 Å². The van der Waals surface area contributed by atoms with E-state index in [0.29, 0.717) is 0 Å². The summed E-state index contributed by atoms with van der Waals surface area (Å²) in [4.78, 5) is 12.4. The molecule has 1 amide bonds. The van der Waals surface area contributed by atoms with Crippen molar-refractivity contribution in [3.8, 4) is 11.5 Å². The molecule has 2 aromatic rings. The molecule has 0 bridgehead atoms. The molecule has 2 rings (SSSR count). The Morgan fingerprint density at radius 3 is 2.62 bits per heavy atom. The van der Waals surface area contributed by atoms with Crippen LogP contribution in [0.2, 0.25) is 0 Å². The standard InChI is InChI=1S/C17H19NO3/c1-4-12-8-5-7-11(2)15(12)18-17(20)13-9-6-10-14(21-3)16(13)19/h5-10,19H,4H2,1-3H3,(H,18,20). The third-order valence-corrected chi connectivity index (χ3v) is 3.44. The van der Waals surface area contributed by atoms with Gasteiger partial charge in [0.15, 0.2) is 11.5 Å². The fraction of sp³-hybridized carbons (Fsp3) is 0.235. The summed E-state index contributed by atoms with van der Waals surface area (Å²) < 4.78 is 5.02. The molecule has 0 unspecified atom stereocenters. The summed E-state index contributed by atoms with van der Waals surface area (Å²) in [6.07, 6.45) is 0.821. The van der Waals surface area contributed by atoms with E-state index in [9.17, 15) is 9.90 Å². The maximum Gasteiger partial charge on any atom is 0.259 e. The van der Waals surface area contributed by atoms with Crippen LogP contribution in [0.5, 0.6) is 11.5 Å². The minimum Gasteiger partial charge on any atom is -0.504 e. The molecular weight excluding hydrogens is 266 g/mol. The van der Waals surface area contributed by atoms with Crippen molar-refractivity contribution in [2.24, 2.45) is 0 Å². The lowest BCUT2D eigenvalue weighted by Crippen LogP contribution is -2.14. The SMILES string of the molecule is CCc1cccc(C)c1NC(=O)c1cccc(OC)c1O. The van der Waals surface area contributed by atoms with Gasteiger partial charge in [-0.2, -0.15) is 0 Å². The van der Waals surface area contributed by atoms with E-state index in [1.165, 1.54) is 7.11 Å². The van der Waals surface area contributed by atoms with Crippen molar-refractivity contribution in [1.29, 1.82) is 0 Å². The highest BCUT2D eigenvalue weighted by Gasteiger charge is 2.16. The van der Waals surface area contributed by atoms with E-state index in [2.05, 4.69) is 5.32 Å². The van der Waals surface area contributed by atoms with E-state index in [4.69, 9.17) is 4.74 Å². The van der Waals surface area contributed by atoms with Crippen molar-refractivity contribution in [2.75, 3.05) is 12.4 Å². The van der Waals surface area contributed by atoms with Crippen molar-refractivity contribution in [1.82, 2.24) is 0 Å². The Bertz CT molecular complexity index is 665. The Morgan fingerprint density at radius 2 is 1.95 bits per heavy atom. The predicted molar refractivity (Wildman–Crippen MR) is 83.2 cm³/mol. The highest BCUT2D eigenvalue weighted by Crippen LogP contribution is 2.30. The number of benzene rings is 2. The third-order valence-electron chi connectivity index (χ3n) is 3.44. The summed E-state index contributed by atoms with van der Waals surface area (Å²) in [6.45, 7) is 3.98. The highest BCUT2D eigenvalue weighted by molar-refractivity contribution is 6.07. The zero-order chi connectivity index (χ0) is 15.4. The van der Waals surface area contributed by atoms with Crippen molar-refractivity contribution in [2.45, 2.75) is 20.3 Å². The number of amides is 1. The maximum atomic E-state index is 12.4. The maximum absolute atomic E-state index is 12.4. The van der Waals surface area contributed by atoms with Gasteiger partial charge in [-0.1, -0.05) is 31.2 Å². The average Bonchev–Trinajstić information content (AvgIpc) is 2.49. The molecule has 2 aromatic carbocycles. The Hall–Kier alpha value is -2.49. The minimum atomic E-state index is -0.351. The van der Waals surface area contributed by atoms with E-state index in [-0.39, 0.29) is 23.0 Å². The molecule has 21 heavy (non-hydrogen) atoms. The van der Waals surface area contributed by atoms with Crippen LogP contribution >= 0.6 is 0 Å². The molecule has 0 aliphatic heterocycles. The number of rotatable bonds is 4. The molecule has 0 heterocycles. The summed E-state index contributed by atoms with van der Waals surface area (Å²) in [6, 6.07) is 10.7. The molecule has 0 fully saturated rings. The fourth-order valence-electron chi connectivity index (χ4n) is 2.25. The first-order chi connectivity index (χ1) is 10.1. The van der Waals surface area contributed by atoms with E-state index < -0.39 is 0 Å². The van der Waals surface area contributed by atoms with Gasteiger partial charge in [-0.3, -0.25) is 4.79 Å². The van der Waals surface area contributed by atoms with Gasteiger partial charge >= 0.3 is 0 Å². The Morgan fingerprint density at radius 1 is 1.24 bits per heavy atom. The molecule has 0 aliphatic carbocycles. The number of carbonyl (C=O) groups is 1. The molecule has 0 saturated carbocycles. The number of para-hydroxylation sites is 2. The van der Waals surface area contributed by atoms with Gasteiger partial charge in [0, 0.05) is 5.69 Å². The normalized spacial score (nSPS) is 10.2. The summed E-state index contributed by atoms with van der Waals surface area (Å²) in [5, 5.41) is 12.9. The largest absolute Gasteiger partial charge is 0.504 e. The average molecular weight is 285 g/mol. The van der Waals surface area contributed by atoms with Crippen LogP contribution in [0, 0.1) is 6.92 Å². The van der Waals surface area contributed by atoms with Gasteiger partial charge < -0.3 is 15.2 Å². The van der Waals surface area contributed by atoms with Crippen LogP contribution in [0.1, 0.15) is 28.4 Å². The second-order valence-corrected chi connectivity index (χ2v) is 4.77. The first kappa shape index (κ1) is 14.9. The van der Waals surface area contributed by atoms with Crippen molar-refractivity contribution >= 4 is 11.6 Å². The summed E-state index contributed by atoms with van der Waals surface area (Å²) in [5.74, 6) is -0.220. The number of hydrogen-bond acceptors (Lipinski definition) is 3. The van der Waals surface area contributed by atoms with Crippen LogP contribution in [-0.4, -0.2) is 18.1 Å². The van der Waals surface area contributed by atoms with Crippen LogP contribution in [0.3, 0.4) is 0 Å². The van der Waals surface area contributed by atoms with Crippen LogP contribution in [0.25, 0.3) is 0 Å². The second-order valence-electron chi connectivity index (χ2n) is 4.77. The lowest BCUT2D eigenvalue weighted by atomic mass is 10.1. The van der Waals surface area contributed by atoms with Gasteiger partial charge in [0.25, 0.3) is 5.91 Å². The molecule has 0 aromatic heterocycles. The Kier molecular flexibility index (Phi) is 4.48. The highest BCUT2D eigenvalue weighted by atomic mass is 16.5. The van der Waals surface area contributed by atoms with Crippen molar-refractivity contribution < 1.29 is 14.6 Å². The minimum absolute atomic E-state index is 0.149. The van der Waals surface area contributed by atoms with Gasteiger partial charge in [0.1, 0.15) is 0 Å². The number of carbonyl (C=O) groups excluding carboxylic acids is 1. The first-order valence-corrected chi connectivity index (χ1v) is 6.84. The molecule has 110 valence electrons. The molecule has 2 N–H and O–H groups in total. The number of phenols is 1. The van der Waals surface area contributed by atoms with Gasteiger partial charge in [0.2, 0.25) is 0 Å². The smallest absolute Gasteiger partial charge is 0.259 e. The van der Waals surface area contributed by atoms with E-state index >= 15 is 0 Å². The van der Waals surface area contributed by atoms with E-state index in [1.54, 1.807) is 18.2 Å². The van der Waals surface area contributed by atoms with Crippen molar-refractivity contribution in [3.05, 3.63) is 53.1 Å². The number of ether oxygens (including phenoxy) is 1. The topological polar surface area (TPSA) is 58.6 Å². The molecule has 0 spiro atoms. The Balaban J connectivity index is 2.35. The molecule has 0 radical (unpaired) electrons. The van der Waals surface area contributed by atoms with Crippen LogP contribution in [0.15, 0.2) is 36.4 Å². The van der Waals surface area contributed by atoms with Gasteiger partial charge in [-0.15, -0.1) is 0 Å². The third kappa shape index (κ3) is 2.99. The number of aromatic hydroxyl groups is 1. The fourth-order valence-corrected chi connectivity index (χ4v) is 2.25. The summed E-state index contributed by atoms with van der Waals surface area (Å²) in [5.41, 5.74) is 3.04. The number of phenolic OH excluding ortho intramolecular Hbond substituents is 1. The zero-order valence-electron chi connectivity index (χ0n) is 12.4. The molecular formula is C17H19NO3. The number of nitrogens with one attached hydrogen (secondary N) is 1. The first-order valence-electron chi connectivity index (χ1n) is 6.84. The monoisotopic (exact) mass is 285 g/mol. The lowest BCUT2D eigenvalue weighted by molar-refractivity contribution is 0.102. The molecule has 0 aliphatic rings. The van der Waals surface area contributed by atoms with E-state index in [0.717, 1.165) is 23.2 Å². The molecule has 4 nitrogen and oxygen atoms in total. The van der Waals surface area contributed by atoms with Crippen LogP contribution < -0.4 is 10.1 Å². The number of aryl methyl sites for hydroxylation is 2. The van der Waals surface area contributed by atoms with Gasteiger partial charge in [-0.25, -0.2) is 0 Å². The van der Waals surface area contributed by atoms with Crippen molar-refractivity contribution in [3.63, 3.8) is 0 Å². The number of methoxy groups -OCH3 is 1. The second kappa shape index (κ2) is 6.31. The van der Waals surface area contributed by atoms with Crippen LogP contribution in [-0.2, 0) is 6.42 Å². The molecule has 0 saturated heterocycles. The molecule has 0 atom stereocenters. The number of anilines is 1.